The van der Waals surface area contributed by atoms with Gasteiger partial charge in [0.2, 0.25) is 5.43 Å². The molecule has 6 heteroatoms. The molecule has 2 amide bonds. The van der Waals surface area contributed by atoms with Crippen LogP contribution in [0, 0.1) is 5.92 Å². The fourth-order valence-electron chi connectivity index (χ4n) is 2.38. The zero-order valence-electron chi connectivity index (χ0n) is 12.2. The quantitative estimate of drug-likeness (QED) is 0.815. The van der Waals surface area contributed by atoms with E-state index in [1.165, 1.54) is 18.8 Å². The van der Waals surface area contributed by atoms with Crippen LogP contribution < -0.4 is 16.5 Å². The number of nitrogens with zero attached hydrogens (tertiary/aromatic N) is 1. The van der Waals surface area contributed by atoms with Gasteiger partial charge in [-0.3, -0.25) is 14.4 Å². The minimum absolute atomic E-state index is 0.0147. The molecule has 0 radical (unpaired) electrons. The Kier molecular flexibility index (Phi) is 4.77. The number of carbonyl (C=O) groups excluding carboxylic acids is 2. The van der Waals surface area contributed by atoms with Crippen LogP contribution in [0.5, 0.6) is 0 Å². The number of hydrogen-bond acceptors (Lipinski definition) is 3. The summed E-state index contributed by atoms with van der Waals surface area (Å²) in [5.41, 5.74) is 4.51. The number of amides is 2. The molecule has 0 spiro atoms. The SMILES string of the molecule is CCCNC(=O)c1cn(CC2CCC2)cc(C(N)=O)c1=O. The van der Waals surface area contributed by atoms with Gasteiger partial charge in [-0.25, -0.2) is 0 Å². The lowest BCUT2D eigenvalue weighted by Crippen LogP contribution is -2.34. The third-order valence-electron chi connectivity index (χ3n) is 3.82. The second-order valence-corrected chi connectivity index (χ2v) is 5.53. The highest BCUT2D eigenvalue weighted by molar-refractivity contribution is 5.98. The summed E-state index contributed by atoms with van der Waals surface area (Å²) in [6.45, 7) is 3.12. The van der Waals surface area contributed by atoms with Gasteiger partial charge in [-0.15, -0.1) is 0 Å². The van der Waals surface area contributed by atoms with Crippen molar-refractivity contribution in [1.82, 2.24) is 9.88 Å². The Morgan fingerprint density at radius 2 is 2.00 bits per heavy atom. The predicted molar refractivity (Wildman–Crippen MR) is 79.2 cm³/mol. The van der Waals surface area contributed by atoms with E-state index in [0.29, 0.717) is 19.0 Å². The van der Waals surface area contributed by atoms with E-state index in [-0.39, 0.29) is 11.1 Å². The highest BCUT2D eigenvalue weighted by Crippen LogP contribution is 2.27. The van der Waals surface area contributed by atoms with Crippen molar-refractivity contribution in [2.24, 2.45) is 11.7 Å². The van der Waals surface area contributed by atoms with Crippen molar-refractivity contribution >= 4 is 11.8 Å². The number of primary amides is 1. The molecular weight excluding hydrogens is 270 g/mol. The van der Waals surface area contributed by atoms with Crippen LogP contribution in [0.4, 0.5) is 0 Å². The van der Waals surface area contributed by atoms with E-state index in [1.807, 2.05) is 6.92 Å². The molecule has 3 N–H and O–H groups in total. The maximum atomic E-state index is 12.2. The van der Waals surface area contributed by atoms with E-state index >= 15 is 0 Å². The molecule has 1 saturated carbocycles. The first kappa shape index (κ1) is 15.3. The topological polar surface area (TPSA) is 94.2 Å². The average Bonchev–Trinajstić information content (AvgIpc) is 2.41. The summed E-state index contributed by atoms with van der Waals surface area (Å²) in [5.74, 6) is -0.709. The van der Waals surface area contributed by atoms with Crippen molar-refractivity contribution in [3.8, 4) is 0 Å². The van der Waals surface area contributed by atoms with Gasteiger partial charge in [0, 0.05) is 25.5 Å². The monoisotopic (exact) mass is 291 g/mol. The number of rotatable bonds is 6. The van der Waals surface area contributed by atoms with Crippen molar-refractivity contribution < 1.29 is 9.59 Å². The van der Waals surface area contributed by atoms with E-state index in [4.69, 9.17) is 5.73 Å². The molecule has 0 atom stereocenters. The van der Waals surface area contributed by atoms with E-state index in [1.54, 1.807) is 4.57 Å². The van der Waals surface area contributed by atoms with Crippen LogP contribution in [-0.4, -0.2) is 22.9 Å². The molecule has 0 unspecified atom stereocenters. The smallest absolute Gasteiger partial charge is 0.256 e. The molecule has 1 aliphatic carbocycles. The number of carbonyl (C=O) groups is 2. The highest BCUT2D eigenvalue weighted by Gasteiger charge is 2.21. The number of nitrogens with two attached hydrogens (primary N) is 1. The lowest BCUT2D eigenvalue weighted by Gasteiger charge is -2.26. The molecular formula is C15H21N3O3. The molecule has 2 rings (SSSR count). The first-order valence-corrected chi connectivity index (χ1v) is 7.35. The third kappa shape index (κ3) is 3.51. The molecule has 0 aromatic carbocycles. The molecule has 1 aromatic rings. The maximum Gasteiger partial charge on any atom is 0.256 e. The molecule has 0 saturated heterocycles. The molecule has 0 aliphatic heterocycles. The summed E-state index contributed by atoms with van der Waals surface area (Å²) in [7, 11) is 0. The van der Waals surface area contributed by atoms with Crippen molar-refractivity contribution in [2.45, 2.75) is 39.2 Å². The number of aromatic nitrogens is 1. The van der Waals surface area contributed by atoms with E-state index in [2.05, 4.69) is 5.32 Å². The number of pyridine rings is 1. The molecule has 1 fully saturated rings. The third-order valence-corrected chi connectivity index (χ3v) is 3.82. The molecule has 1 aromatic heterocycles. The molecule has 114 valence electrons. The van der Waals surface area contributed by atoms with Gasteiger partial charge >= 0.3 is 0 Å². The van der Waals surface area contributed by atoms with Gasteiger partial charge in [0.25, 0.3) is 11.8 Å². The minimum Gasteiger partial charge on any atom is -0.365 e. The average molecular weight is 291 g/mol. The Morgan fingerprint density at radius 1 is 1.33 bits per heavy atom. The summed E-state index contributed by atoms with van der Waals surface area (Å²) in [6.07, 6.45) is 7.23. The van der Waals surface area contributed by atoms with Gasteiger partial charge in [0.05, 0.1) is 0 Å². The van der Waals surface area contributed by atoms with Gasteiger partial charge in [0.1, 0.15) is 11.1 Å². The van der Waals surface area contributed by atoms with Crippen LogP contribution in [0.25, 0.3) is 0 Å². The fraction of sp³-hybridized carbons (Fsp3) is 0.533. The summed E-state index contributed by atoms with van der Waals surface area (Å²) >= 11 is 0. The minimum atomic E-state index is -0.799. The zero-order valence-corrected chi connectivity index (χ0v) is 12.2. The van der Waals surface area contributed by atoms with Gasteiger partial charge < -0.3 is 15.6 Å². The van der Waals surface area contributed by atoms with Crippen molar-refractivity contribution in [3.63, 3.8) is 0 Å². The standard InChI is InChI=1S/C15H21N3O3/c1-2-6-17-15(21)12-9-18(7-10-4-3-5-10)8-11(13(12)19)14(16)20/h8-10H,2-7H2,1H3,(H2,16,20)(H,17,21). The van der Waals surface area contributed by atoms with Crippen molar-refractivity contribution in [3.05, 3.63) is 33.7 Å². The molecule has 21 heavy (non-hydrogen) atoms. The largest absolute Gasteiger partial charge is 0.365 e. The van der Waals surface area contributed by atoms with Crippen LogP contribution in [-0.2, 0) is 6.54 Å². The highest BCUT2D eigenvalue weighted by atomic mass is 16.2. The number of hydrogen-bond donors (Lipinski definition) is 2. The predicted octanol–water partition coefficient (Wildman–Crippen LogP) is 0.887. The van der Waals surface area contributed by atoms with Gasteiger partial charge in [-0.1, -0.05) is 13.3 Å². The maximum absolute atomic E-state index is 12.2. The Labute approximate surface area is 123 Å². The summed E-state index contributed by atoms with van der Waals surface area (Å²) in [6, 6.07) is 0. The molecule has 1 aliphatic rings. The zero-order chi connectivity index (χ0) is 15.4. The van der Waals surface area contributed by atoms with Crippen LogP contribution >= 0.6 is 0 Å². The fourth-order valence-corrected chi connectivity index (χ4v) is 2.38. The Balaban J connectivity index is 2.34. The van der Waals surface area contributed by atoms with E-state index in [0.717, 1.165) is 19.3 Å². The Bertz CT molecular complexity index is 603. The Hall–Kier alpha value is -2.11. The second-order valence-electron chi connectivity index (χ2n) is 5.53. The van der Waals surface area contributed by atoms with E-state index in [9.17, 15) is 14.4 Å². The van der Waals surface area contributed by atoms with Crippen molar-refractivity contribution in [1.29, 1.82) is 0 Å². The molecule has 6 nitrogen and oxygen atoms in total. The molecule has 0 bridgehead atoms. The first-order chi connectivity index (χ1) is 10.0. The van der Waals surface area contributed by atoms with Crippen LogP contribution in [0.1, 0.15) is 53.3 Å². The summed E-state index contributed by atoms with van der Waals surface area (Å²) < 4.78 is 1.74. The number of nitrogens with one attached hydrogen (secondary N) is 1. The first-order valence-electron chi connectivity index (χ1n) is 7.35. The van der Waals surface area contributed by atoms with Crippen LogP contribution in [0.3, 0.4) is 0 Å². The van der Waals surface area contributed by atoms with Gasteiger partial charge in [-0.2, -0.15) is 0 Å². The van der Waals surface area contributed by atoms with Crippen molar-refractivity contribution in [2.75, 3.05) is 6.54 Å². The van der Waals surface area contributed by atoms with Crippen LogP contribution in [0.15, 0.2) is 17.2 Å². The lowest BCUT2D eigenvalue weighted by molar-refractivity contribution is 0.0951. The Morgan fingerprint density at radius 3 is 2.52 bits per heavy atom. The van der Waals surface area contributed by atoms with E-state index < -0.39 is 17.2 Å². The lowest BCUT2D eigenvalue weighted by atomic mass is 9.85. The summed E-state index contributed by atoms with van der Waals surface area (Å²) in [4.78, 5) is 35.6. The normalized spacial score (nSPS) is 14.5. The van der Waals surface area contributed by atoms with Gasteiger partial charge in [0.15, 0.2) is 0 Å². The summed E-state index contributed by atoms with van der Waals surface area (Å²) in [5, 5.41) is 2.66. The van der Waals surface area contributed by atoms with Gasteiger partial charge in [-0.05, 0) is 25.2 Å². The van der Waals surface area contributed by atoms with Crippen LogP contribution in [0.2, 0.25) is 0 Å². The molecule has 1 heterocycles. The second kappa shape index (κ2) is 6.56.